The Morgan fingerprint density at radius 1 is 0.765 bits per heavy atom. The van der Waals surface area contributed by atoms with Crippen molar-refractivity contribution in [3.8, 4) is 0 Å². The number of hydrogen-bond donors (Lipinski definition) is 0. The first-order valence-electron chi connectivity index (χ1n) is 7.61. The quantitative estimate of drug-likeness (QED) is 0.650. The highest BCUT2D eigenvalue weighted by atomic mass is 16.7. The molecule has 2 aliphatic rings. The van der Waals surface area contributed by atoms with Gasteiger partial charge in [-0.3, -0.25) is 0 Å². The molecule has 0 atom stereocenters. The largest absolute Gasteiger partial charge is 0.350 e. The van der Waals surface area contributed by atoms with Crippen LogP contribution in [-0.4, -0.2) is 19.0 Å². The molecule has 2 nitrogen and oxygen atoms in total. The molecule has 17 heavy (non-hydrogen) atoms. The van der Waals surface area contributed by atoms with Crippen molar-refractivity contribution in [3.63, 3.8) is 0 Å². The molecule has 2 aliphatic carbocycles. The smallest absolute Gasteiger partial charge is 0.173 e. The van der Waals surface area contributed by atoms with E-state index in [-0.39, 0.29) is 5.79 Å². The molecule has 100 valence electrons. The van der Waals surface area contributed by atoms with Gasteiger partial charge in [0.1, 0.15) is 0 Å². The van der Waals surface area contributed by atoms with Crippen LogP contribution in [0.1, 0.15) is 65.2 Å². The van der Waals surface area contributed by atoms with Crippen LogP contribution < -0.4 is 0 Å². The Hall–Kier alpha value is -0.0800. The summed E-state index contributed by atoms with van der Waals surface area (Å²) in [7, 11) is 0. The zero-order chi connectivity index (χ0) is 12.1. The number of hydrogen-bond acceptors (Lipinski definition) is 2. The Bertz CT molecular complexity index is 191. The van der Waals surface area contributed by atoms with Gasteiger partial charge in [0.25, 0.3) is 0 Å². The van der Waals surface area contributed by atoms with Crippen LogP contribution in [0.4, 0.5) is 0 Å². The van der Waals surface area contributed by atoms with E-state index in [1.807, 2.05) is 0 Å². The third kappa shape index (κ3) is 2.68. The maximum absolute atomic E-state index is 6.22. The standard InChI is InChI=1S/C15H28O2/c1-3-16-15(17-4-2,13-9-5-6-10-13)14-11-7-8-12-14/h13-14H,3-12H2,1-2H3. The van der Waals surface area contributed by atoms with Crippen molar-refractivity contribution in [2.24, 2.45) is 11.8 Å². The SMILES string of the molecule is CCOC(OCC)(C1CCCC1)C1CCCC1. The summed E-state index contributed by atoms with van der Waals surface area (Å²) in [5.74, 6) is 1.05. The summed E-state index contributed by atoms with van der Waals surface area (Å²) < 4.78 is 12.4. The minimum atomic E-state index is -0.240. The first kappa shape index (κ1) is 13.4. The Morgan fingerprint density at radius 2 is 1.12 bits per heavy atom. The maximum atomic E-state index is 6.22. The molecule has 0 saturated heterocycles. The van der Waals surface area contributed by atoms with Gasteiger partial charge in [-0.05, 0) is 39.5 Å². The van der Waals surface area contributed by atoms with Crippen LogP contribution in [-0.2, 0) is 9.47 Å². The molecule has 0 bridgehead atoms. The first-order chi connectivity index (χ1) is 8.33. The van der Waals surface area contributed by atoms with Crippen molar-refractivity contribution in [3.05, 3.63) is 0 Å². The van der Waals surface area contributed by atoms with E-state index in [4.69, 9.17) is 9.47 Å². The van der Waals surface area contributed by atoms with Gasteiger partial charge in [-0.2, -0.15) is 0 Å². The van der Waals surface area contributed by atoms with E-state index in [1.165, 1.54) is 51.4 Å². The normalized spacial score (nSPS) is 23.6. The average Bonchev–Trinajstić information content (AvgIpc) is 3.02. The molecule has 2 rings (SSSR count). The summed E-state index contributed by atoms with van der Waals surface area (Å²) in [4.78, 5) is 0. The van der Waals surface area contributed by atoms with Gasteiger partial charge in [-0.25, -0.2) is 0 Å². The molecule has 0 unspecified atom stereocenters. The summed E-state index contributed by atoms with van der Waals surface area (Å²) in [5, 5.41) is 0. The monoisotopic (exact) mass is 240 g/mol. The predicted molar refractivity (Wildman–Crippen MR) is 69.9 cm³/mol. The molecule has 0 heterocycles. The first-order valence-corrected chi connectivity index (χ1v) is 7.61. The fourth-order valence-corrected chi connectivity index (χ4v) is 3.95. The lowest BCUT2D eigenvalue weighted by Crippen LogP contribution is -2.48. The zero-order valence-electron chi connectivity index (χ0n) is 11.5. The van der Waals surface area contributed by atoms with Gasteiger partial charge < -0.3 is 9.47 Å². The van der Waals surface area contributed by atoms with Crippen molar-refractivity contribution in [2.75, 3.05) is 13.2 Å². The zero-order valence-corrected chi connectivity index (χ0v) is 11.5. The second kappa shape index (κ2) is 6.19. The molecule has 0 amide bonds. The van der Waals surface area contributed by atoms with Gasteiger partial charge in [0, 0.05) is 25.0 Å². The highest BCUT2D eigenvalue weighted by molar-refractivity contribution is 4.91. The fraction of sp³-hybridized carbons (Fsp3) is 1.00. The molecule has 0 aromatic heterocycles. The third-order valence-electron chi connectivity index (χ3n) is 4.59. The Kier molecular flexibility index (Phi) is 4.87. The average molecular weight is 240 g/mol. The Morgan fingerprint density at radius 3 is 1.41 bits per heavy atom. The van der Waals surface area contributed by atoms with Gasteiger partial charge >= 0.3 is 0 Å². The van der Waals surface area contributed by atoms with Crippen molar-refractivity contribution >= 4 is 0 Å². The lowest BCUT2D eigenvalue weighted by Gasteiger charge is -2.43. The van der Waals surface area contributed by atoms with E-state index >= 15 is 0 Å². The molecule has 0 aromatic rings. The summed E-state index contributed by atoms with van der Waals surface area (Å²) in [6.07, 6.45) is 10.6. The van der Waals surface area contributed by atoms with Crippen molar-refractivity contribution in [2.45, 2.75) is 71.0 Å². The van der Waals surface area contributed by atoms with Gasteiger partial charge in [-0.1, -0.05) is 25.7 Å². The van der Waals surface area contributed by atoms with Crippen molar-refractivity contribution < 1.29 is 9.47 Å². The molecular weight excluding hydrogens is 212 g/mol. The van der Waals surface area contributed by atoms with E-state index < -0.39 is 0 Å². The highest BCUT2D eigenvalue weighted by Gasteiger charge is 2.48. The topological polar surface area (TPSA) is 18.5 Å². The van der Waals surface area contributed by atoms with E-state index in [0.29, 0.717) is 11.8 Å². The summed E-state index contributed by atoms with van der Waals surface area (Å²) in [6.45, 7) is 5.79. The molecule has 0 N–H and O–H groups in total. The summed E-state index contributed by atoms with van der Waals surface area (Å²) >= 11 is 0. The lowest BCUT2D eigenvalue weighted by atomic mass is 9.84. The van der Waals surface area contributed by atoms with Crippen LogP contribution in [0.15, 0.2) is 0 Å². The Balaban J connectivity index is 2.16. The van der Waals surface area contributed by atoms with E-state index in [9.17, 15) is 0 Å². The van der Waals surface area contributed by atoms with Crippen LogP contribution in [0.3, 0.4) is 0 Å². The highest BCUT2D eigenvalue weighted by Crippen LogP contribution is 2.47. The molecule has 0 aromatic carbocycles. The predicted octanol–water partition coefficient (Wildman–Crippen LogP) is 4.14. The Labute approximate surface area is 106 Å². The summed E-state index contributed by atoms with van der Waals surface area (Å²) in [5.41, 5.74) is 0. The molecular formula is C15H28O2. The summed E-state index contributed by atoms with van der Waals surface area (Å²) in [6, 6.07) is 0. The lowest BCUT2D eigenvalue weighted by molar-refractivity contribution is -0.291. The maximum Gasteiger partial charge on any atom is 0.173 e. The van der Waals surface area contributed by atoms with Crippen LogP contribution >= 0.6 is 0 Å². The minimum Gasteiger partial charge on any atom is -0.350 e. The fourth-order valence-electron chi connectivity index (χ4n) is 3.95. The van der Waals surface area contributed by atoms with E-state index in [1.54, 1.807) is 0 Å². The second-order valence-electron chi connectivity index (χ2n) is 5.55. The van der Waals surface area contributed by atoms with E-state index in [2.05, 4.69) is 13.8 Å². The van der Waals surface area contributed by atoms with Crippen LogP contribution in [0.5, 0.6) is 0 Å². The van der Waals surface area contributed by atoms with Crippen molar-refractivity contribution in [1.29, 1.82) is 0 Å². The molecule has 2 heteroatoms. The van der Waals surface area contributed by atoms with Gasteiger partial charge in [0.05, 0.1) is 0 Å². The van der Waals surface area contributed by atoms with Gasteiger partial charge in [-0.15, -0.1) is 0 Å². The molecule has 0 spiro atoms. The molecule has 0 aliphatic heterocycles. The van der Waals surface area contributed by atoms with Crippen molar-refractivity contribution in [1.82, 2.24) is 0 Å². The van der Waals surface area contributed by atoms with Crippen LogP contribution in [0, 0.1) is 11.8 Å². The van der Waals surface area contributed by atoms with Gasteiger partial charge in [0.15, 0.2) is 5.79 Å². The van der Waals surface area contributed by atoms with Crippen LogP contribution in [0.25, 0.3) is 0 Å². The molecule has 0 radical (unpaired) electrons. The van der Waals surface area contributed by atoms with E-state index in [0.717, 1.165) is 13.2 Å². The number of rotatable bonds is 6. The minimum absolute atomic E-state index is 0.240. The van der Waals surface area contributed by atoms with Gasteiger partial charge in [0.2, 0.25) is 0 Å². The molecule has 2 fully saturated rings. The third-order valence-corrected chi connectivity index (χ3v) is 4.59. The second-order valence-corrected chi connectivity index (χ2v) is 5.55. The molecule has 2 saturated carbocycles. The van der Waals surface area contributed by atoms with Crippen LogP contribution in [0.2, 0.25) is 0 Å². The number of ether oxygens (including phenoxy) is 2.